The number of hydrogen-bond acceptors (Lipinski definition) is 3. The summed E-state index contributed by atoms with van der Waals surface area (Å²) in [5.74, 6) is -0.105. The molecule has 0 spiro atoms. The molecule has 2 amide bonds. The lowest BCUT2D eigenvalue weighted by molar-refractivity contribution is 0.0718. The van der Waals surface area contributed by atoms with Crippen LogP contribution in [0.15, 0.2) is 36.5 Å². The van der Waals surface area contributed by atoms with Crippen molar-refractivity contribution in [2.45, 2.75) is 26.2 Å². The first-order valence-electron chi connectivity index (χ1n) is 7.86. The van der Waals surface area contributed by atoms with Crippen molar-refractivity contribution >= 4 is 17.6 Å². The summed E-state index contributed by atoms with van der Waals surface area (Å²) >= 11 is 0. The Bertz CT molecular complexity index is 700. The summed E-state index contributed by atoms with van der Waals surface area (Å²) in [5.41, 5.74) is 2.13. The third-order valence-corrected chi connectivity index (χ3v) is 3.96. The van der Waals surface area contributed by atoms with Crippen molar-refractivity contribution in [3.05, 3.63) is 47.8 Å². The second kappa shape index (κ2) is 6.64. The van der Waals surface area contributed by atoms with Crippen LogP contribution in [-0.4, -0.2) is 39.7 Å². The number of rotatable bonds is 2. The van der Waals surface area contributed by atoms with Crippen LogP contribution in [-0.2, 0) is 0 Å². The zero-order valence-corrected chi connectivity index (χ0v) is 13.2. The zero-order chi connectivity index (χ0) is 16.2. The molecule has 23 heavy (non-hydrogen) atoms. The number of amides is 2. The fourth-order valence-corrected chi connectivity index (χ4v) is 2.63. The fourth-order valence-electron chi connectivity index (χ4n) is 2.63. The molecule has 6 nitrogen and oxygen atoms in total. The Morgan fingerprint density at radius 2 is 1.74 bits per heavy atom. The van der Waals surface area contributed by atoms with E-state index in [2.05, 4.69) is 10.4 Å². The van der Waals surface area contributed by atoms with Gasteiger partial charge in [-0.3, -0.25) is 4.79 Å². The number of hydrogen-bond donors (Lipinski definition) is 1. The minimum Gasteiger partial charge on any atom is -0.337 e. The molecule has 120 valence electrons. The molecule has 1 aromatic carbocycles. The maximum Gasteiger partial charge on any atom is 0.346 e. The van der Waals surface area contributed by atoms with Crippen molar-refractivity contribution in [1.29, 1.82) is 0 Å². The van der Waals surface area contributed by atoms with Gasteiger partial charge in [-0.05, 0) is 44.4 Å². The van der Waals surface area contributed by atoms with E-state index in [4.69, 9.17) is 0 Å². The molecule has 0 atom stereocenters. The van der Waals surface area contributed by atoms with Crippen LogP contribution in [0, 0.1) is 6.92 Å². The van der Waals surface area contributed by atoms with E-state index in [-0.39, 0.29) is 11.9 Å². The van der Waals surface area contributed by atoms with Gasteiger partial charge in [0, 0.05) is 25.0 Å². The number of aromatic nitrogens is 2. The number of aryl methyl sites for hydroxylation is 1. The largest absolute Gasteiger partial charge is 0.346 e. The van der Waals surface area contributed by atoms with E-state index in [1.165, 1.54) is 6.20 Å². The molecule has 6 heteroatoms. The molecule has 1 aliphatic rings. The highest BCUT2D eigenvalue weighted by molar-refractivity contribution is 5.94. The SMILES string of the molecule is Cc1ccc(NC(=O)n2ccc(C(=O)N3CCCCC3)n2)cc1. The number of anilines is 1. The highest BCUT2D eigenvalue weighted by Crippen LogP contribution is 2.13. The maximum absolute atomic E-state index is 12.3. The summed E-state index contributed by atoms with van der Waals surface area (Å²) in [6.07, 6.45) is 4.73. The summed E-state index contributed by atoms with van der Waals surface area (Å²) < 4.78 is 1.16. The molecule has 2 aromatic rings. The molecule has 0 saturated carbocycles. The smallest absolute Gasteiger partial charge is 0.337 e. The van der Waals surface area contributed by atoms with Crippen molar-refractivity contribution in [2.24, 2.45) is 0 Å². The van der Waals surface area contributed by atoms with Gasteiger partial charge in [-0.2, -0.15) is 9.78 Å². The third kappa shape index (κ3) is 3.59. The standard InChI is InChI=1S/C17H20N4O2/c1-13-5-7-14(8-6-13)18-17(23)21-12-9-15(19-21)16(22)20-10-3-2-4-11-20/h5-9,12H,2-4,10-11H2,1H3,(H,18,23). The Hall–Kier alpha value is -2.63. The van der Waals surface area contributed by atoms with Crippen LogP contribution in [0.2, 0.25) is 0 Å². The average molecular weight is 312 g/mol. The van der Waals surface area contributed by atoms with Crippen molar-refractivity contribution in [3.63, 3.8) is 0 Å². The van der Waals surface area contributed by atoms with Gasteiger partial charge >= 0.3 is 6.03 Å². The summed E-state index contributed by atoms with van der Waals surface area (Å²) in [5, 5.41) is 6.87. The second-order valence-corrected chi connectivity index (χ2v) is 5.79. The normalized spacial score (nSPS) is 14.6. The van der Waals surface area contributed by atoms with E-state index in [1.54, 1.807) is 11.0 Å². The number of likely N-dealkylation sites (tertiary alicyclic amines) is 1. The lowest BCUT2D eigenvalue weighted by atomic mass is 10.1. The molecule has 0 radical (unpaired) electrons. The highest BCUT2D eigenvalue weighted by Gasteiger charge is 2.21. The quantitative estimate of drug-likeness (QED) is 0.927. The number of benzene rings is 1. The van der Waals surface area contributed by atoms with Gasteiger partial charge < -0.3 is 10.2 Å². The number of piperidine rings is 1. The molecular weight excluding hydrogens is 292 g/mol. The first kappa shape index (κ1) is 15.3. The molecule has 3 rings (SSSR count). The third-order valence-electron chi connectivity index (χ3n) is 3.96. The van der Waals surface area contributed by atoms with Gasteiger partial charge in [0.1, 0.15) is 0 Å². The number of nitrogens with one attached hydrogen (secondary N) is 1. The molecule has 0 unspecified atom stereocenters. The first-order chi connectivity index (χ1) is 11.1. The van der Waals surface area contributed by atoms with E-state index in [0.29, 0.717) is 11.4 Å². The predicted octanol–water partition coefficient (Wildman–Crippen LogP) is 2.90. The molecular formula is C17H20N4O2. The van der Waals surface area contributed by atoms with Gasteiger partial charge in [0.15, 0.2) is 5.69 Å². The van der Waals surface area contributed by atoms with Crippen LogP contribution >= 0.6 is 0 Å². The van der Waals surface area contributed by atoms with Crippen LogP contribution in [0.1, 0.15) is 35.3 Å². The van der Waals surface area contributed by atoms with Gasteiger partial charge in [-0.15, -0.1) is 0 Å². The minimum absolute atomic E-state index is 0.105. The molecule has 2 heterocycles. The topological polar surface area (TPSA) is 67.2 Å². The molecule has 0 bridgehead atoms. The molecule has 1 aliphatic heterocycles. The van der Waals surface area contributed by atoms with E-state index >= 15 is 0 Å². The predicted molar refractivity (Wildman–Crippen MR) is 87.6 cm³/mol. The molecule has 1 aromatic heterocycles. The fraction of sp³-hybridized carbons (Fsp3) is 0.353. The van der Waals surface area contributed by atoms with Crippen molar-refractivity contribution < 1.29 is 9.59 Å². The van der Waals surface area contributed by atoms with Crippen LogP contribution < -0.4 is 5.32 Å². The lowest BCUT2D eigenvalue weighted by Gasteiger charge is -2.25. The van der Waals surface area contributed by atoms with Gasteiger partial charge in [-0.25, -0.2) is 4.79 Å². The monoisotopic (exact) mass is 312 g/mol. The first-order valence-corrected chi connectivity index (χ1v) is 7.86. The summed E-state index contributed by atoms with van der Waals surface area (Å²) in [6.45, 7) is 3.51. The van der Waals surface area contributed by atoms with E-state index < -0.39 is 0 Å². The Kier molecular flexibility index (Phi) is 4.41. The van der Waals surface area contributed by atoms with Gasteiger partial charge in [0.2, 0.25) is 0 Å². The Labute approximate surface area is 135 Å². The van der Waals surface area contributed by atoms with E-state index in [0.717, 1.165) is 42.6 Å². The Morgan fingerprint density at radius 1 is 1.04 bits per heavy atom. The van der Waals surface area contributed by atoms with Crippen LogP contribution in [0.4, 0.5) is 10.5 Å². The van der Waals surface area contributed by atoms with Crippen LogP contribution in [0.3, 0.4) is 0 Å². The summed E-state index contributed by atoms with van der Waals surface area (Å²) in [4.78, 5) is 26.3. The highest BCUT2D eigenvalue weighted by atomic mass is 16.2. The Morgan fingerprint density at radius 3 is 2.43 bits per heavy atom. The maximum atomic E-state index is 12.3. The van der Waals surface area contributed by atoms with Gasteiger partial charge in [-0.1, -0.05) is 17.7 Å². The van der Waals surface area contributed by atoms with Crippen LogP contribution in [0.5, 0.6) is 0 Å². The number of nitrogens with zero attached hydrogens (tertiary/aromatic N) is 3. The van der Waals surface area contributed by atoms with Crippen molar-refractivity contribution in [2.75, 3.05) is 18.4 Å². The van der Waals surface area contributed by atoms with Crippen molar-refractivity contribution in [3.8, 4) is 0 Å². The second-order valence-electron chi connectivity index (χ2n) is 5.79. The molecule has 1 fully saturated rings. The minimum atomic E-state index is -0.383. The number of carbonyl (C=O) groups excluding carboxylic acids is 2. The van der Waals surface area contributed by atoms with E-state index in [1.807, 2.05) is 31.2 Å². The van der Waals surface area contributed by atoms with Gasteiger partial charge in [0.05, 0.1) is 0 Å². The molecule has 1 saturated heterocycles. The lowest BCUT2D eigenvalue weighted by Crippen LogP contribution is -2.36. The van der Waals surface area contributed by atoms with Crippen LogP contribution in [0.25, 0.3) is 0 Å². The summed E-state index contributed by atoms with van der Waals surface area (Å²) in [7, 11) is 0. The molecule has 0 aliphatic carbocycles. The summed E-state index contributed by atoms with van der Waals surface area (Å²) in [6, 6.07) is 8.71. The van der Waals surface area contributed by atoms with Gasteiger partial charge in [0.25, 0.3) is 5.91 Å². The number of carbonyl (C=O) groups is 2. The zero-order valence-electron chi connectivity index (χ0n) is 13.2. The Balaban J connectivity index is 1.67. The average Bonchev–Trinajstić information content (AvgIpc) is 3.07. The van der Waals surface area contributed by atoms with Crippen molar-refractivity contribution in [1.82, 2.24) is 14.7 Å². The van der Waals surface area contributed by atoms with E-state index in [9.17, 15) is 9.59 Å². The molecule has 1 N–H and O–H groups in total.